The summed E-state index contributed by atoms with van der Waals surface area (Å²) < 4.78 is 6.97. The molecule has 0 saturated heterocycles. The largest absolute Gasteiger partial charge is 0.468 e. The third-order valence-corrected chi connectivity index (χ3v) is 4.14. The van der Waals surface area contributed by atoms with Crippen LogP contribution in [-0.4, -0.2) is 40.2 Å². The third kappa shape index (κ3) is 3.51. The Labute approximate surface area is 135 Å². The normalized spacial score (nSPS) is 12.6. The first-order valence-corrected chi connectivity index (χ1v) is 7.69. The molecule has 1 amide bonds. The van der Waals surface area contributed by atoms with Gasteiger partial charge in [0.25, 0.3) is 5.91 Å². The lowest BCUT2D eigenvalue weighted by Gasteiger charge is -2.28. The van der Waals surface area contributed by atoms with Gasteiger partial charge in [0.05, 0.1) is 24.1 Å². The second-order valence-electron chi connectivity index (χ2n) is 4.94. The van der Waals surface area contributed by atoms with Crippen LogP contribution in [0.15, 0.2) is 29.0 Å². The number of aryl methyl sites for hydroxylation is 1. The first-order chi connectivity index (χ1) is 10.6. The topological polar surface area (TPSA) is 63.3 Å². The lowest BCUT2D eigenvalue weighted by atomic mass is 10.1. The molecule has 7 heteroatoms. The highest BCUT2D eigenvalue weighted by Gasteiger charge is 2.22. The minimum Gasteiger partial charge on any atom is -0.468 e. The minimum atomic E-state index is -0.234. The van der Waals surface area contributed by atoms with Crippen LogP contribution < -0.4 is 5.32 Å². The Kier molecular flexibility index (Phi) is 5.63. The molecule has 0 aliphatic rings. The van der Waals surface area contributed by atoms with E-state index in [2.05, 4.69) is 29.2 Å². The fraction of sp³-hybridized carbons (Fsp3) is 0.467. The van der Waals surface area contributed by atoms with Gasteiger partial charge in [-0.2, -0.15) is 5.10 Å². The van der Waals surface area contributed by atoms with Crippen molar-refractivity contribution in [3.63, 3.8) is 0 Å². The number of nitrogens with one attached hydrogen (secondary N) is 1. The number of likely N-dealkylation sites (N-methyl/N-ethyl adjacent to an activating group) is 1. The highest BCUT2D eigenvalue weighted by Crippen LogP contribution is 2.21. The SMILES string of the molecule is CCN(CC)C(CNC(=O)c1cnn(C)c1Cl)c1ccco1. The molecule has 0 saturated carbocycles. The summed E-state index contributed by atoms with van der Waals surface area (Å²) in [7, 11) is 1.70. The average Bonchev–Trinajstić information content (AvgIpc) is 3.15. The Morgan fingerprint density at radius 1 is 1.50 bits per heavy atom. The third-order valence-electron chi connectivity index (χ3n) is 3.69. The van der Waals surface area contributed by atoms with Crippen LogP contribution >= 0.6 is 11.6 Å². The lowest BCUT2D eigenvalue weighted by molar-refractivity contribution is 0.0930. The zero-order valence-electron chi connectivity index (χ0n) is 13.0. The van der Waals surface area contributed by atoms with Gasteiger partial charge in [0, 0.05) is 13.6 Å². The van der Waals surface area contributed by atoms with Crippen molar-refractivity contribution in [3.05, 3.63) is 41.1 Å². The summed E-state index contributed by atoms with van der Waals surface area (Å²) in [6, 6.07) is 3.77. The molecular formula is C15H21ClN4O2. The highest BCUT2D eigenvalue weighted by atomic mass is 35.5. The number of carbonyl (C=O) groups excluding carboxylic acids is 1. The van der Waals surface area contributed by atoms with E-state index in [0.29, 0.717) is 17.3 Å². The van der Waals surface area contributed by atoms with Crippen LogP contribution in [0.1, 0.15) is 36.0 Å². The maximum atomic E-state index is 12.3. The van der Waals surface area contributed by atoms with E-state index < -0.39 is 0 Å². The molecule has 0 radical (unpaired) electrons. The maximum Gasteiger partial charge on any atom is 0.256 e. The van der Waals surface area contributed by atoms with Crippen molar-refractivity contribution in [2.24, 2.45) is 7.05 Å². The molecule has 6 nitrogen and oxygen atoms in total. The molecule has 2 rings (SSSR count). The number of halogens is 1. The summed E-state index contributed by atoms with van der Waals surface area (Å²) in [6.07, 6.45) is 3.11. The molecule has 0 aromatic carbocycles. The highest BCUT2D eigenvalue weighted by molar-refractivity contribution is 6.32. The van der Waals surface area contributed by atoms with Crippen LogP contribution in [0.4, 0.5) is 0 Å². The van der Waals surface area contributed by atoms with Gasteiger partial charge in [-0.1, -0.05) is 25.4 Å². The van der Waals surface area contributed by atoms with Gasteiger partial charge >= 0.3 is 0 Å². The number of hydrogen-bond acceptors (Lipinski definition) is 4. The standard InChI is InChI=1S/C15H21ClN4O2/c1-4-20(5-2)12(13-7-6-8-22-13)10-17-15(21)11-9-18-19(3)14(11)16/h6-9,12H,4-5,10H2,1-3H3,(H,17,21). The summed E-state index contributed by atoms with van der Waals surface area (Å²) in [5.41, 5.74) is 0.377. The van der Waals surface area contributed by atoms with Crippen molar-refractivity contribution in [2.75, 3.05) is 19.6 Å². The van der Waals surface area contributed by atoms with Crippen molar-refractivity contribution in [1.29, 1.82) is 0 Å². The van der Waals surface area contributed by atoms with E-state index in [1.165, 1.54) is 10.9 Å². The van der Waals surface area contributed by atoms with E-state index in [9.17, 15) is 4.79 Å². The van der Waals surface area contributed by atoms with Crippen LogP contribution in [-0.2, 0) is 7.05 Å². The van der Waals surface area contributed by atoms with Gasteiger partial charge in [-0.3, -0.25) is 14.4 Å². The molecule has 0 aliphatic heterocycles. The van der Waals surface area contributed by atoms with Gasteiger partial charge in [-0.05, 0) is 25.2 Å². The van der Waals surface area contributed by atoms with Crippen molar-refractivity contribution in [3.8, 4) is 0 Å². The number of amides is 1. The minimum absolute atomic E-state index is 0.00982. The molecule has 0 fully saturated rings. The van der Waals surface area contributed by atoms with Gasteiger partial charge in [0.2, 0.25) is 0 Å². The summed E-state index contributed by atoms with van der Waals surface area (Å²) in [5.74, 6) is 0.600. The van der Waals surface area contributed by atoms with Gasteiger partial charge in [0.1, 0.15) is 10.9 Å². The summed E-state index contributed by atoms with van der Waals surface area (Å²) in [6.45, 7) is 6.34. The fourth-order valence-corrected chi connectivity index (χ4v) is 2.59. The molecule has 1 N–H and O–H groups in total. The molecule has 2 heterocycles. The van der Waals surface area contributed by atoms with Gasteiger partial charge in [0.15, 0.2) is 0 Å². The second-order valence-corrected chi connectivity index (χ2v) is 5.29. The van der Waals surface area contributed by atoms with E-state index in [1.807, 2.05) is 12.1 Å². The Morgan fingerprint density at radius 3 is 2.73 bits per heavy atom. The number of aromatic nitrogens is 2. The predicted molar refractivity (Wildman–Crippen MR) is 84.9 cm³/mol. The summed E-state index contributed by atoms with van der Waals surface area (Å²) in [5, 5.41) is 7.22. The average molecular weight is 325 g/mol. The van der Waals surface area contributed by atoms with Crippen molar-refractivity contribution in [1.82, 2.24) is 20.0 Å². The van der Waals surface area contributed by atoms with E-state index in [1.54, 1.807) is 13.3 Å². The summed E-state index contributed by atoms with van der Waals surface area (Å²) in [4.78, 5) is 14.5. The number of rotatable bonds is 7. The van der Waals surface area contributed by atoms with Crippen LogP contribution in [0.5, 0.6) is 0 Å². The van der Waals surface area contributed by atoms with Crippen molar-refractivity contribution < 1.29 is 9.21 Å². The van der Waals surface area contributed by atoms with E-state index >= 15 is 0 Å². The van der Waals surface area contributed by atoms with Crippen LogP contribution in [0.3, 0.4) is 0 Å². The molecule has 0 aliphatic carbocycles. The molecule has 1 unspecified atom stereocenters. The van der Waals surface area contributed by atoms with Gasteiger partial charge in [-0.25, -0.2) is 0 Å². The first-order valence-electron chi connectivity index (χ1n) is 7.31. The zero-order valence-corrected chi connectivity index (χ0v) is 13.8. The van der Waals surface area contributed by atoms with Gasteiger partial charge < -0.3 is 9.73 Å². The number of hydrogen-bond donors (Lipinski definition) is 1. The molecule has 22 heavy (non-hydrogen) atoms. The molecule has 120 valence electrons. The van der Waals surface area contributed by atoms with Crippen molar-refractivity contribution in [2.45, 2.75) is 19.9 Å². The fourth-order valence-electron chi connectivity index (χ4n) is 2.41. The molecule has 0 spiro atoms. The molecule has 2 aromatic rings. The Morgan fingerprint density at radius 2 is 2.23 bits per heavy atom. The number of carbonyl (C=O) groups is 1. The molecule has 2 aromatic heterocycles. The molecular weight excluding hydrogens is 304 g/mol. The number of nitrogens with zero attached hydrogens (tertiary/aromatic N) is 3. The Hall–Kier alpha value is -1.79. The van der Waals surface area contributed by atoms with Crippen molar-refractivity contribution >= 4 is 17.5 Å². The maximum absolute atomic E-state index is 12.3. The Bertz CT molecular complexity index is 605. The first kappa shape index (κ1) is 16.6. The molecule has 0 bridgehead atoms. The van der Waals surface area contributed by atoms with E-state index in [0.717, 1.165) is 18.8 Å². The van der Waals surface area contributed by atoms with E-state index in [-0.39, 0.29) is 11.9 Å². The molecule has 1 atom stereocenters. The Balaban J connectivity index is 2.08. The van der Waals surface area contributed by atoms with Gasteiger partial charge in [-0.15, -0.1) is 0 Å². The predicted octanol–water partition coefficient (Wildman–Crippen LogP) is 2.48. The quantitative estimate of drug-likeness (QED) is 0.850. The smallest absolute Gasteiger partial charge is 0.256 e. The summed E-state index contributed by atoms with van der Waals surface area (Å²) >= 11 is 6.05. The number of furan rings is 1. The van der Waals surface area contributed by atoms with E-state index in [4.69, 9.17) is 16.0 Å². The zero-order chi connectivity index (χ0) is 16.1. The second kappa shape index (κ2) is 7.47. The van der Waals surface area contributed by atoms with Crippen LogP contribution in [0.25, 0.3) is 0 Å². The monoisotopic (exact) mass is 324 g/mol. The van der Waals surface area contributed by atoms with Crippen LogP contribution in [0.2, 0.25) is 5.15 Å². The lowest BCUT2D eigenvalue weighted by Crippen LogP contribution is -2.37. The van der Waals surface area contributed by atoms with Crippen LogP contribution in [0, 0.1) is 0 Å².